The van der Waals surface area contributed by atoms with Crippen LogP contribution in [-0.4, -0.2) is 33.5 Å². The molecule has 0 saturated carbocycles. The summed E-state index contributed by atoms with van der Waals surface area (Å²) in [6.07, 6.45) is 0.979. The highest BCUT2D eigenvalue weighted by molar-refractivity contribution is 5.29. The van der Waals surface area contributed by atoms with E-state index in [0.29, 0.717) is 19.3 Å². The van der Waals surface area contributed by atoms with E-state index in [1.54, 1.807) is 7.11 Å². The molecule has 0 aliphatic carbocycles. The highest BCUT2D eigenvalue weighted by atomic mass is 16.5. The minimum atomic E-state index is 0.204. The van der Waals surface area contributed by atoms with Gasteiger partial charge < -0.3 is 14.8 Å². The summed E-state index contributed by atoms with van der Waals surface area (Å²) in [7, 11) is 1.70. The molecule has 0 amide bonds. The van der Waals surface area contributed by atoms with Gasteiger partial charge in [0.1, 0.15) is 0 Å². The van der Waals surface area contributed by atoms with Gasteiger partial charge in [0.25, 0.3) is 0 Å². The molecule has 3 heteroatoms. The van der Waals surface area contributed by atoms with E-state index in [-0.39, 0.29) is 5.41 Å². The zero-order chi connectivity index (χ0) is 15.7. The Morgan fingerprint density at radius 2 is 1.71 bits per heavy atom. The summed E-state index contributed by atoms with van der Waals surface area (Å²) in [5.74, 6) is 0. The van der Waals surface area contributed by atoms with E-state index < -0.39 is 0 Å². The lowest BCUT2D eigenvalue weighted by molar-refractivity contribution is 0.0658. The maximum Gasteiger partial charge on any atom is 0.0700 e. The van der Waals surface area contributed by atoms with Crippen molar-refractivity contribution >= 4 is 0 Å². The zero-order valence-electron chi connectivity index (χ0n) is 14.2. The second kappa shape index (κ2) is 9.19. The maximum atomic E-state index is 5.59. The van der Waals surface area contributed by atoms with E-state index >= 15 is 0 Å². The molecule has 1 unspecified atom stereocenters. The van der Waals surface area contributed by atoms with E-state index in [1.807, 2.05) is 0 Å². The lowest BCUT2D eigenvalue weighted by atomic mass is 9.86. The van der Waals surface area contributed by atoms with Gasteiger partial charge in [0.05, 0.1) is 13.2 Å². The van der Waals surface area contributed by atoms with Crippen molar-refractivity contribution in [2.75, 3.05) is 33.5 Å². The first-order chi connectivity index (χ1) is 9.99. The van der Waals surface area contributed by atoms with Gasteiger partial charge in [0, 0.05) is 19.8 Å². The topological polar surface area (TPSA) is 30.5 Å². The summed E-state index contributed by atoms with van der Waals surface area (Å²) in [6.45, 7) is 11.9. The van der Waals surface area contributed by atoms with Gasteiger partial charge in [-0.15, -0.1) is 0 Å². The molecule has 0 saturated heterocycles. The molecule has 0 heterocycles. The SMILES string of the molecule is CCNC(CCOCCOC)c1ccc(C(C)(C)C)cc1. The molecule has 1 atom stereocenters. The third-order valence-electron chi connectivity index (χ3n) is 3.61. The van der Waals surface area contributed by atoms with Crippen LogP contribution in [-0.2, 0) is 14.9 Å². The number of rotatable bonds is 9. The van der Waals surface area contributed by atoms with E-state index in [1.165, 1.54) is 11.1 Å². The lowest BCUT2D eigenvalue weighted by Gasteiger charge is -2.22. The average Bonchev–Trinajstić information content (AvgIpc) is 2.45. The van der Waals surface area contributed by atoms with E-state index in [0.717, 1.165) is 19.6 Å². The highest BCUT2D eigenvalue weighted by Gasteiger charge is 2.15. The molecule has 0 radical (unpaired) electrons. The third-order valence-corrected chi connectivity index (χ3v) is 3.61. The molecule has 0 spiro atoms. The van der Waals surface area contributed by atoms with Crippen molar-refractivity contribution in [2.24, 2.45) is 0 Å². The summed E-state index contributed by atoms with van der Waals surface area (Å²) < 4.78 is 10.6. The van der Waals surface area contributed by atoms with Gasteiger partial charge in [-0.25, -0.2) is 0 Å². The highest BCUT2D eigenvalue weighted by Crippen LogP contribution is 2.25. The van der Waals surface area contributed by atoms with Crippen LogP contribution < -0.4 is 5.32 Å². The van der Waals surface area contributed by atoms with Crippen LogP contribution in [0.5, 0.6) is 0 Å². The Morgan fingerprint density at radius 3 is 2.24 bits per heavy atom. The normalized spacial score (nSPS) is 13.4. The predicted octanol–water partition coefficient (Wildman–Crippen LogP) is 3.69. The van der Waals surface area contributed by atoms with Gasteiger partial charge >= 0.3 is 0 Å². The molecule has 1 aromatic rings. The van der Waals surface area contributed by atoms with Crippen molar-refractivity contribution in [1.29, 1.82) is 0 Å². The van der Waals surface area contributed by atoms with Crippen molar-refractivity contribution in [3.63, 3.8) is 0 Å². The zero-order valence-corrected chi connectivity index (χ0v) is 14.2. The van der Waals surface area contributed by atoms with Crippen LogP contribution in [0.15, 0.2) is 24.3 Å². The average molecular weight is 293 g/mol. The van der Waals surface area contributed by atoms with Crippen LogP contribution in [0.1, 0.15) is 51.3 Å². The molecule has 0 aliphatic rings. The van der Waals surface area contributed by atoms with Crippen molar-refractivity contribution in [3.05, 3.63) is 35.4 Å². The summed E-state index contributed by atoms with van der Waals surface area (Å²) in [5, 5.41) is 3.54. The Bertz CT molecular complexity index is 381. The molecule has 0 bridgehead atoms. The van der Waals surface area contributed by atoms with Crippen LogP contribution >= 0.6 is 0 Å². The molecule has 1 N–H and O–H groups in total. The number of ether oxygens (including phenoxy) is 2. The fourth-order valence-corrected chi connectivity index (χ4v) is 2.29. The van der Waals surface area contributed by atoms with Crippen molar-refractivity contribution in [3.8, 4) is 0 Å². The molecule has 1 aromatic carbocycles. The van der Waals surface area contributed by atoms with Crippen molar-refractivity contribution in [2.45, 2.75) is 45.6 Å². The Hall–Kier alpha value is -0.900. The number of hydrogen-bond acceptors (Lipinski definition) is 3. The molecule has 21 heavy (non-hydrogen) atoms. The Balaban J connectivity index is 2.59. The minimum Gasteiger partial charge on any atom is -0.382 e. The molecule has 0 aliphatic heterocycles. The van der Waals surface area contributed by atoms with Gasteiger partial charge in [-0.3, -0.25) is 0 Å². The quantitative estimate of drug-likeness (QED) is 0.704. The van der Waals surface area contributed by atoms with Gasteiger partial charge in [0.15, 0.2) is 0 Å². The number of benzene rings is 1. The number of methoxy groups -OCH3 is 1. The first kappa shape index (κ1) is 18.1. The minimum absolute atomic E-state index is 0.204. The van der Waals surface area contributed by atoms with E-state index in [9.17, 15) is 0 Å². The fraction of sp³-hybridized carbons (Fsp3) is 0.667. The standard InChI is InChI=1S/C18H31NO2/c1-6-19-17(11-12-21-14-13-20-5)15-7-9-16(10-8-15)18(2,3)4/h7-10,17,19H,6,11-14H2,1-5H3. The van der Waals surface area contributed by atoms with Gasteiger partial charge in [-0.2, -0.15) is 0 Å². The van der Waals surface area contributed by atoms with Crippen molar-refractivity contribution in [1.82, 2.24) is 5.32 Å². The van der Waals surface area contributed by atoms with Crippen LogP contribution in [0, 0.1) is 0 Å². The summed E-state index contributed by atoms with van der Waals surface area (Å²) in [6, 6.07) is 9.31. The predicted molar refractivity (Wildman–Crippen MR) is 88.9 cm³/mol. The maximum absolute atomic E-state index is 5.59. The Morgan fingerprint density at radius 1 is 1.05 bits per heavy atom. The van der Waals surface area contributed by atoms with E-state index in [4.69, 9.17) is 9.47 Å². The monoisotopic (exact) mass is 293 g/mol. The Labute approximate surface area is 130 Å². The second-order valence-corrected chi connectivity index (χ2v) is 6.38. The van der Waals surface area contributed by atoms with Gasteiger partial charge in [-0.05, 0) is 29.5 Å². The van der Waals surface area contributed by atoms with Gasteiger partial charge in [-0.1, -0.05) is 52.0 Å². The number of hydrogen-bond donors (Lipinski definition) is 1. The van der Waals surface area contributed by atoms with Crippen LogP contribution in [0.4, 0.5) is 0 Å². The Kier molecular flexibility index (Phi) is 7.94. The smallest absolute Gasteiger partial charge is 0.0700 e. The molecule has 1 rings (SSSR count). The molecule has 3 nitrogen and oxygen atoms in total. The first-order valence-corrected chi connectivity index (χ1v) is 7.89. The molecule has 0 fully saturated rings. The lowest BCUT2D eigenvalue weighted by Crippen LogP contribution is -2.23. The second-order valence-electron chi connectivity index (χ2n) is 6.38. The summed E-state index contributed by atoms with van der Waals surface area (Å²) >= 11 is 0. The molecule has 120 valence electrons. The van der Waals surface area contributed by atoms with Crippen LogP contribution in [0.2, 0.25) is 0 Å². The van der Waals surface area contributed by atoms with Crippen LogP contribution in [0.3, 0.4) is 0 Å². The van der Waals surface area contributed by atoms with E-state index in [2.05, 4.69) is 57.3 Å². The molecular formula is C18H31NO2. The first-order valence-electron chi connectivity index (χ1n) is 7.89. The van der Waals surface area contributed by atoms with Gasteiger partial charge in [0.2, 0.25) is 0 Å². The third kappa shape index (κ3) is 6.60. The molecule has 0 aromatic heterocycles. The number of nitrogens with one attached hydrogen (secondary N) is 1. The molecular weight excluding hydrogens is 262 g/mol. The largest absolute Gasteiger partial charge is 0.382 e. The van der Waals surface area contributed by atoms with Crippen LogP contribution in [0.25, 0.3) is 0 Å². The van der Waals surface area contributed by atoms with Crippen molar-refractivity contribution < 1.29 is 9.47 Å². The summed E-state index contributed by atoms with van der Waals surface area (Å²) in [5.41, 5.74) is 2.91. The fourth-order valence-electron chi connectivity index (χ4n) is 2.29. The summed E-state index contributed by atoms with van der Waals surface area (Å²) in [4.78, 5) is 0.